The van der Waals surface area contributed by atoms with Gasteiger partial charge in [0, 0.05) is 37.9 Å². The molecule has 1 aromatic heterocycles. The highest BCUT2D eigenvalue weighted by molar-refractivity contribution is 5.90. The van der Waals surface area contributed by atoms with Crippen molar-refractivity contribution in [2.24, 2.45) is 0 Å². The molecule has 8 heteroatoms. The Morgan fingerprint density at radius 2 is 1.96 bits per heavy atom. The van der Waals surface area contributed by atoms with Crippen LogP contribution in [0.5, 0.6) is 0 Å². The van der Waals surface area contributed by atoms with Gasteiger partial charge in [0.05, 0.1) is 12.7 Å². The second kappa shape index (κ2) is 7.81. The van der Waals surface area contributed by atoms with Crippen LogP contribution in [-0.4, -0.2) is 60.5 Å². The van der Waals surface area contributed by atoms with Crippen molar-refractivity contribution in [2.75, 3.05) is 43.5 Å². The lowest BCUT2D eigenvalue weighted by molar-refractivity contribution is -0.118. The maximum absolute atomic E-state index is 11.7. The summed E-state index contributed by atoms with van der Waals surface area (Å²) in [5, 5.41) is 3.21. The van der Waals surface area contributed by atoms with E-state index in [0.29, 0.717) is 30.3 Å². The second-order valence-corrected chi connectivity index (χ2v) is 5.98. The van der Waals surface area contributed by atoms with Gasteiger partial charge in [0.2, 0.25) is 6.41 Å². The van der Waals surface area contributed by atoms with Crippen molar-refractivity contribution in [3.05, 3.63) is 41.7 Å². The molecule has 1 aliphatic rings. The molecule has 1 N–H and O–H groups in total. The van der Waals surface area contributed by atoms with Crippen molar-refractivity contribution in [1.82, 2.24) is 14.9 Å². The summed E-state index contributed by atoms with van der Waals surface area (Å²) < 4.78 is 4.75. The minimum absolute atomic E-state index is 0.388. The molecule has 8 nitrogen and oxygen atoms in total. The van der Waals surface area contributed by atoms with Crippen LogP contribution in [0.15, 0.2) is 30.3 Å². The summed E-state index contributed by atoms with van der Waals surface area (Å²) in [6.07, 6.45) is 0.879. The molecule has 0 aliphatic carbocycles. The van der Waals surface area contributed by atoms with Crippen LogP contribution >= 0.6 is 0 Å². The van der Waals surface area contributed by atoms with Crippen molar-refractivity contribution in [3.63, 3.8) is 0 Å². The number of methoxy groups -OCH3 is 1. The lowest BCUT2D eigenvalue weighted by Crippen LogP contribution is -2.46. The van der Waals surface area contributed by atoms with E-state index in [1.54, 1.807) is 23.1 Å². The highest BCUT2D eigenvalue weighted by Crippen LogP contribution is 2.21. The van der Waals surface area contributed by atoms with Crippen molar-refractivity contribution in [3.8, 4) is 0 Å². The van der Waals surface area contributed by atoms with Crippen LogP contribution in [0.4, 0.5) is 17.3 Å². The maximum Gasteiger partial charge on any atom is 0.337 e. The van der Waals surface area contributed by atoms with Gasteiger partial charge < -0.3 is 19.9 Å². The summed E-state index contributed by atoms with van der Waals surface area (Å²) in [5.41, 5.74) is 1.20. The van der Waals surface area contributed by atoms with Gasteiger partial charge in [-0.25, -0.2) is 14.8 Å². The molecule has 1 amide bonds. The van der Waals surface area contributed by atoms with Crippen molar-refractivity contribution >= 4 is 29.7 Å². The molecule has 0 unspecified atom stereocenters. The fourth-order valence-electron chi connectivity index (χ4n) is 2.82. The van der Waals surface area contributed by atoms with E-state index in [1.807, 2.05) is 19.1 Å². The molecule has 1 fully saturated rings. The Bertz CT molecular complexity index is 803. The molecule has 0 spiro atoms. The number of esters is 1. The monoisotopic (exact) mass is 355 g/mol. The number of nitrogens with one attached hydrogen (secondary N) is 1. The fourth-order valence-corrected chi connectivity index (χ4v) is 2.82. The molecule has 0 atom stereocenters. The Kier molecular flexibility index (Phi) is 5.31. The number of carbonyl (C=O) groups excluding carboxylic acids is 2. The average Bonchev–Trinajstić information content (AvgIpc) is 2.67. The first kappa shape index (κ1) is 17.7. The first-order chi connectivity index (χ1) is 12.6. The van der Waals surface area contributed by atoms with Gasteiger partial charge in [0.1, 0.15) is 17.5 Å². The van der Waals surface area contributed by atoms with Crippen LogP contribution in [0.25, 0.3) is 0 Å². The molecular weight excluding hydrogens is 334 g/mol. The third-order valence-corrected chi connectivity index (χ3v) is 4.17. The van der Waals surface area contributed by atoms with Gasteiger partial charge in [0.25, 0.3) is 0 Å². The number of anilines is 3. The molecule has 3 rings (SSSR count). The zero-order chi connectivity index (χ0) is 18.5. The Labute approximate surface area is 151 Å². The van der Waals surface area contributed by atoms with Gasteiger partial charge in [-0.1, -0.05) is 6.07 Å². The van der Waals surface area contributed by atoms with E-state index < -0.39 is 0 Å². The number of aryl methyl sites for hydroxylation is 1. The molecule has 0 bridgehead atoms. The predicted molar refractivity (Wildman–Crippen MR) is 97.7 cm³/mol. The summed E-state index contributed by atoms with van der Waals surface area (Å²) in [6, 6.07) is 8.91. The van der Waals surface area contributed by atoms with Crippen LogP contribution in [0.1, 0.15) is 16.2 Å². The van der Waals surface area contributed by atoms with Crippen molar-refractivity contribution in [2.45, 2.75) is 6.92 Å². The van der Waals surface area contributed by atoms with E-state index in [0.717, 1.165) is 31.0 Å². The van der Waals surface area contributed by atoms with Crippen LogP contribution in [-0.2, 0) is 9.53 Å². The third kappa shape index (κ3) is 4.08. The van der Waals surface area contributed by atoms with E-state index >= 15 is 0 Å². The van der Waals surface area contributed by atoms with E-state index in [1.165, 1.54) is 7.11 Å². The molecule has 2 aromatic rings. The Hall–Kier alpha value is -3.16. The number of benzene rings is 1. The second-order valence-electron chi connectivity index (χ2n) is 5.98. The number of nitrogens with zero attached hydrogens (tertiary/aromatic N) is 4. The largest absolute Gasteiger partial charge is 0.465 e. The Balaban J connectivity index is 1.78. The van der Waals surface area contributed by atoms with Gasteiger partial charge >= 0.3 is 5.97 Å². The SMILES string of the molecule is COC(=O)c1cccc(Nc2cc(N3CCN(C=O)CC3)nc(C)n2)c1. The smallest absolute Gasteiger partial charge is 0.337 e. The van der Waals surface area contributed by atoms with Gasteiger partial charge in [-0.2, -0.15) is 0 Å². The lowest BCUT2D eigenvalue weighted by atomic mass is 10.2. The topological polar surface area (TPSA) is 87.7 Å². The first-order valence-corrected chi connectivity index (χ1v) is 8.34. The summed E-state index contributed by atoms with van der Waals surface area (Å²) in [4.78, 5) is 35.3. The number of amides is 1. The number of ether oxygens (including phenoxy) is 1. The average molecular weight is 355 g/mol. The molecule has 1 aromatic carbocycles. The number of aromatic nitrogens is 2. The molecule has 1 saturated heterocycles. The molecular formula is C18H21N5O3. The molecule has 0 radical (unpaired) electrons. The Morgan fingerprint density at radius 3 is 2.65 bits per heavy atom. The summed E-state index contributed by atoms with van der Waals surface area (Å²) >= 11 is 0. The standard InChI is InChI=1S/C18H21N5O3/c1-13-19-16(21-15-5-3-4-14(10-15)18(25)26-2)11-17(20-13)23-8-6-22(12-24)7-9-23/h3-5,10-12H,6-9H2,1-2H3,(H,19,20,21). The first-order valence-electron chi connectivity index (χ1n) is 8.34. The van der Waals surface area contributed by atoms with E-state index in [2.05, 4.69) is 20.2 Å². The highest BCUT2D eigenvalue weighted by Gasteiger charge is 2.18. The zero-order valence-corrected chi connectivity index (χ0v) is 14.8. The van der Waals surface area contributed by atoms with Crippen LogP contribution in [0.3, 0.4) is 0 Å². The number of hydrogen-bond acceptors (Lipinski definition) is 7. The van der Waals surface area contributed by atoms with Gasteiger partial charge in [-0.3, -0.25) is 4.79 Å². The minimum Gasteiger partial charge on any atom is -0.465 e. The van der Waals surface area contributed by atoms with Crippen molar-refractivity contribution in [1.29, 1.82) is 0 Å². The van der Waals surface area contributed by atoms with Crippen LogP contribution < -0.4 is 10.2 Å². The van der Waals surface area contributed by atoms with Gasteiger partial charge in [0.15, 0.2) is 0 Å². The predicted octanol–water partition coefficient (Wildman–Crippen LogP) is 1.59. The molecule has 26 heavy (non-hydrogen) atoms. The van der Waals surface area contributed by atoms with Crippen molar-refractivity contribution < 1.29 is 14.3 Å². The number of rotatable bonds is 5. The minimum atomic E-state index is -0.388. The van der Waals surface area contributed by atoms with E-state index in [-0.39, 0.29) is 5.97 Å². The zero-order valence-electron chi connectivity index (χ0n) is 14.8. The van der Waals surface area contributed by atoms with Crippen LogP contribution in [0, 0.1) is 6.92 Å². The van der Waals surface area contributed by atoms with Gasteiger partial charge in [-0.15, -0.1) is 0 Å². The maximum atomic E-state index is 11.7. The number of piperazine rings is 1. The fraction of sp³-hybridized carbons (Fsp3) is 0.333. The van der Waals surface area contributed by atoms with E-state index in [9.17, 15) is 9.59 Å². The van der Waals surface area contributed by atoms with Gasteiger partial charge in [-0.05, 0) is 25.1 Å². The lowest BCUT2D eigenvalue weighted by Gasteiger charge is -2.33. The number of hydrogen-bond donors (Lipinski definition) is 1. The molecule has 2 heterocycles. The number of carbonyl (C=O) groups is 2. The van der Waals surface area contributed by atoms with E-state index in [4.69, 9.17) is 4.74 Å². The third-order valence-electron chi connectivity index (χ3n) is 4.17. The highest BCUT2D eigenvalue weighted by atomic mass is 16.5. The summed E-state index contributed by atoms with van der Waals surface area (Å²) in [5.74, 6) is 1.72. The summed E-state index contributed by atoms with van der Waals surface area (Å²) in [7, 11) is 1.35. The van der Waals surface area contributed by atoms with Crippen LogP contribution in [0.2, 0.25) is 0 Å². The quantitative estimate of drug-likeness (QED) is 0.644. The molecule has 136 valence electrons. The Morgan fingerprint density at radius 1 is 1.19 bits per heavy atom. The molecule has 1 aliphatic heterocycles. The normalized spacial score (nSPS) is 14.1. The summed E-state index contributed by atoms with van der Waals surface area (Å²) in [6.45, 7) is 4.65. The molecule has 0 saturated carbocycles.